The van der Waals surface area contributed by atoms with Gasteiger partial charge in [-0.15, -0.1) is 0 Å². The highest BCUT2D eigenvalue weighted by molar-refractivity contribution is 14.1. The fourth-order valence-electron chi connectivity index (χ4n) is 3.69. The number of halogens is 1. The van der Waals surface area contributed by atoms with E-state index in [1.54, 1.807) is 0 Å². The van der Waals surface area contributed by atoms with Gasteiger partial charge in [0.15, 0.2) is 0 Å². The van der Waals surface area contributed by atoms with Crippen LogP contribution in [0.5, 0.6) is 0 Å². The predicted octanol–water partition coefficient (Wildman–Crippen LogP) is 4.52. The summed E-state index contributed by atoms with van der Waals surface area (Å²) >= 11 is 2.45. The van der Waals surface area contributed by atoms with Crippen LogP contribution in [0.2, 0.25) is 0 Å². The van der Waals surface area contributed by atoms with Crippen molar-refractivity contribution in [3.8, 4) is 0 Å². The van der Waals surface area contributed by atoms with Crippen molar-refractivity contribution >= 4 is 34.1 Å². The van der Waals surface area contributed by atoms with Gasteiger partial charge in [0.05, 0.1) is 25.7 Å². The zero-order valence-electron chi connectivity index (χ0n) is 14.4. The maximum Gasteiger partial charge on any atom is 0.285 e. The Labute approximate surface area is 153 Å². The van der Waals surface area contributed by atoms with E-state index in [0.717, 1.165) is 13.1 Å². The van der Waals surface area contributed by atoms with E-state index in [-0.39, 0.29) is 0 Å². The van der Waals surface area contributed by atoms with E-state index >= 15 is 0 Å². The first-order valence-corrected chi connectivity index (χ1v) is 9.25. The molecule has 0 bridgehead atoms. The van der Waals surface area contributed by atoms with Gasteiger partial charge in [-0.25, -0.2) is 4.90 Å². The fourth-order valence-corrected chi connectivity index (χ4v) is 4.32. The van der Waals surface area contributed by atoms with E-state index in [1.807, 2.05) is 0 Å². The quantitative estimate of drug-likeness (QED) is 0.513. The van der Waals surface area contributed by atoms with E-state index in [1.165, 1.54) is 43.8 Å². The number of hydrogen-bond acceptors (Lipinski definition) is 1. The highest BCUT2D eigenvalue weighted by Crippen LogP contribution is 2.30. The summed E-state index contributed by atoms with van der Waals surface area (Å²) in [4.78, 5) is 2.52. The van der Waals surface area contributed by atoms with Gasteiger partial charge >= 0.3 is 0 Å². The van der Waals surface area contributed by atoms with E-state index in [9.17, 15) is 0 Å². The molecule has 0 aromatic heterocycles. The summed E-state index contributed by atoms with van der Waals surface area (Å²) < 4.78 is 3.71. The summed E-state index contributed by atoms with van der Waals surface area (Å²) in [6.07, 6.45) is 1.19. The normalized spacial score (nSPS) is 15.3. The van der Waals surface area contributed by atoms with Crippen LogP contribution < -0.4 is 4.90 Å². The third-order valence-electron chi connectivity index (χ3n) is 4.51. The molecule has 2 nitrogen and oxygen atoms in total. The molecule has 0 radical (unpaired) electrons. The van der Waals surface area contributed by atoms with Gasteiger partial charge in [0.25, 0.3) is 5.84 Å². The summed E-state index contributed by atoms with van der Waals surface area (Å²) in [5.41, 5.74) is 6.76. The molecule has 120 valence electrons. The van der Waals surface area contributed by atoms with Crippen LogP contribution in [0.1, 0.15) is 28.7 Å². The van der Waals surface area contributed by atoms with Gasteiger partial charge in [-0.1, -0.05) is 29.8 Å². The molecule has 0 spiro atoms. The lowest BCUT2D eigenvalue weighted by atomic mass is 10.0. The second-order valence-corrected chi connectivity index (χ2v) is 7.64. The zero-order valence-corrected chi connectivity index (χ0v) is 16.5. The van der Waals surface area contributed by atoms with Crippen LogP contribution >= 0.6 is 22.6 Å². The van der Waals surface area contributed by atoms with Gasteiger partial charge < -0.3 is 0 Å². The Hall–Kier alpha value is -1.36. The van der Waals surface area contributed by atoms with Crippen LogP contribution in [0, 0.1) is 24.3 Å². The highest BCUT2D eigenvalue weighted by atomic mass is 127. The Kier molecular flexibility index (Phi) is 4.76. The first kappa shape index (κ1) is 16.5. The smallest absolute Gasteiger partial charge is 0.264 e. The molecular formula is C20H24IN2+. The molecule has 0 fully saturated rings. The van der Waals surface area contributed by atoms with Crippen molar-refractivity contribution in [2.24, 2.45) is 0 Å². The number of nitrogens with zero attached hydrogens (tertiary/aromatic N) is 2. The molecular weight excluding hydrogens is 395 g/mol. The van der Waals surface area contributed by atoms with Crippen LogP contribution in [0.15, 0.2) is 36.4 Å². The SMILES string of the molecule is Cc1cc(C)c(N2CCC[N+](C)=C2c2ccccc2I)c(C)c1. The van der Waals surface area contributed by atoms with Gasteiger partial charge in [-0.3, -0.25) is 4.58 Å². The van der Waals surface area contributed by atoms with E-state index < -0.39 is 0 Å². The Morgan fingerprint density at radius 2 is 1.70 bits per heavy atom. The number of aryl methyl sites for hydroxylation is 3. The van der Waals surface area contributed by atoms with Crippen molar-refractivity contribution in [3.63, 3.8) is 0 Å². The monoisotopic (exact) mass is 419 g/mol. The van der Waals surface area contributed by atoms with E-state index in [0.29, 0.717) is 0 Å². The molecule has 0 unspecified atom stereocenters. The lowest BCUT2D eigenvalue weighted by Crippen LogP contribution is -2.45. The maximum absolute atomic E-state index is 2.52. The third-order valence-corrected chi connectivity index (χ3v) is 5.45. The topological polar surface area (TPSA) is 6.25 Å². The van der Waals surface area contributed by atoms with Crippen molar-refractivity contribution in [2.75, 3.05) is 25.0 Å². The molecule has 1 aliphatic heterocycles. The molecule has 0 N–H and O–H groups in total. The lowest BCUT2D eigenvalue weighted by Gasteiger charge is -2.28. The van der Waals surface area contributed by atoms with Crippen LogP contribution in [0.3, 0.4) is 0 Å². The highest BCUT2D eigenvalue weighted by Gasteiger charge is 2.32. The summed E-state index contributed by atoms with van der Waals surface area (Å²) in [5, 5.41) is 0. The summed E-state index contributed by atoms with van der Waals surface area (Å²) in [5.74, 6) is 1.33. The maximum atomic E-state index is 2.52. The second kappa shape index (κ2) is 6.63. The Morgan fingerprint density at radius 1 is 1.04 bits per heavy atom. The average molecular weight is 419 g/mol. The van der Waals surface area contributed by atoms with Gasteiger partial charge in [0.1, 0.15) is 5.69 Å². The Balaban J connectivity index is 2.19. The summed E-state index contributed by atoms with van der Waals surface area (Å²) in [6.45, 7) is 8.84. The Morgan fingerprint density at radius 3 is 2.35 bits per heavy atom. The first-order chi connectivity index (χ1) is 11.0. The average Bonchev–Trinajstić information content (AvgIpc) is 2.47. The minimum absolute atomic E-state index is 1.08. The van der Waals surface area contributed by atoms with Crippen LogP contribution in [0.4, 0.5) is 5.69 Å². The Bertz CT molecular complexity index is 754. The van der Waals surface area contributed by atoms with Gasteiger partial charge in [-0.05, 0) is 66.6 Å². The molecule has 0 aliphatic carbocycles. The van der Waals surface area contributed by atoms with E-state index in [4.69, 9.17) is 0 Å². The van der Waals surface area contributed by atoms with Crippen molar-refractivity contribution in [1.82, 2.24) is 0 Å². The van der Waals surface area contributed by atoms with Crippen molar-refractivity contribution < 1.29 is 4.58 Å². The molecule has 2 aromatic carbocycles. The molecule has 1 heterocycles. The molecule has 23 heavy (non-hydrogen) atoms. The molecule has 3 rings (SSSR count). The molecule has 0 saturated carbocycles. The minimum atomic E-state index is 1.08. The second-order valence-electron chi connectivity index (χ2n) is 6.48. The number of anilines is 1. The van der Waals surface area contributed by atoms with Crippen LogP contribution in [-0.2, 0) is 0 Å². The number of rotatable bonds is 2. The number of amidine groups is 1. The fraction of sp³-hybridized carbons (Fsp3) is 0.350. The molecule has 0 atom stereocenters. The van der Waals surface area contributed by atoms with Crippen LogP contribution in [-0.4, -0.2) is 30.5 Å². The van der Waals surface area contributed by atoms with Gasteiger partial charge in [0, 0.05) is 9.99 Å². The molecule has 2 aromatic rings. The van der Waals surface area contributed by atoms with Crippen molar-refractivity contribution in [3.05, 3.63) is 62.2 Å². The summed E-state index contributed by atoms with van der Waals surface area (Å²) in [6, 6.07) is 13.3. The molecule has 1 aliphatic rings. The largest absolute Gasteiger partial charge is 0.285 e. The summed E-state index contributed by atoms with van der Waals surface area (Å²) in [7, 11) is 2.21. The van der Waals surface area contributed by atoms with Gasteiger partial charge in [0.2, 0.25) is 0 Å². The number of hydrogen-bond donors (Lipinski definition) is 0. The standard InChI is InChI=1S/C20H24IN2/c1-14-12-15(2)19(16(3)13-14)23-11-7-10-22(4)20(23)17-8-5-6-9-18(17)21/h5-6,8-9,12-13H,7,10-11H2,1-4H3/q+1. The molecule has 0 amide bonds. The van der Waals surface area contributed by atoms with Crippen molar-refractivity contribution in [2.45, 2.75) is 27.2 Å². The van der Waals surface area contributed by atoms with Gasteiger partial charge in [-0.2, -0.15) is 0 Å². The van der Waals surface area contributed by atoms with E-state index in [2.05, 4.69) is 96.3 Å². The minimum Gasteiger partial charge on any atom is -0.264 e. The molecule has 3 heteroatoms. The first-order valence-electron chi connectivity index (χ1n) is 8.17. The zero-order chi connectivity index (χ0) is 16.6. The third kappa shape index (κ3) is 3.16. The number of benzene rings is 2. The predicted molar refractivity (Wildman–Crippen MR) is 107 cm³/mol. The van der Waals surface area contributed by atoms with Crippen LogP contribution in [0.25, 0.3) is 0 Å². The van der Waals surface area contributed by atoms with Crippen molar-refractivity contribution in [1.29, 1.82) is 0 Å². The molecule has 0 saturated heterocycles. The lowest BCUT2D eigenvalue weighted by molar-refractivity contribution is -0.501.